The minimum atomic E-state index is -3.19. The standard InChI is InChI=1S/C17H21NO2S/c1-4-13-7-5-8-14(11-13)17(18-2)15-9-6-10-16(12-15)21(3,19)20/h5-12,17-18H,4H2,1-3H3. The molecule has 2 rings (SSSR count). The van der Waals surface area contributed by atoms with Crippen LogP contribution in [0.3, 0.4) is 0 Å². The van der Waals surface area contributed by atoms with Crippen LogP contribution >= 0.6 is 0 Å². The zero-order valence-electron chi connectivity index (χ0n) is 12.6. The molecular weight excluding hydrogens is 282 g/mol. The minimum Gasteiger partial charge on any atom is -0.309 e. The third-order valence-electron chi connectivity index (χ3n) is 3.60. The molecular formula is C17H21NO2S. The Bertz CT molecular complexity index is 723. The molecule has 1 N–H and O–H groups in total. The van der Waals surface area contributed by atoms with E-state index in [9.17, 15) is 8.42 Å². The van der Waals surface area contributed by atoms with Crippen LogP contribution in [-0.4, -0.2) is 21.7 Å². The molecule has 0 saturated heterocycles. The molecule has 0 bridgehead atoms. The molecule has 4 heteroatoms. The summed E-state index contributed by atoms with van der Waals surface area (Å²) in [5, 5.41) is 3.27. The first-order valence-corrected chi connectivity index (χ1v) is 8.91. The highest BCUT2D eigenvalue weighted by atomic mass is 32.2. The van der Waals surface area contributed by atoms with Crippen molar-refractivity contribution in [2.24, 2.45) is 0 Å². The monoisotopic (exact) mass is 303 g/mol. The fourth-order valence-electron chi connectivity index (χ4n) is 2.44. The van der Waals surface area contributed by atoms with Gasteiger partial charge in [0.1, 0.15) is 0 Å². The lowest BCUT2D eigenvalue weighted by molar-refractivity contribution is 0.601. The largest absolute Gasteiger partial charge is 0.309 e. The highest BCUT2D eigenvalue weighted by Crippen LogP contribution is 2.24. The lowest BCUT2D eigenvalue weighted by Gasteiger charge is -2.18. The highest BCUT2D eigenvalue weighted by molar-refractivity contribution is 7.90. The van der Waals surface area contributed by atoms with Crippen LogP contribution in [0.4, 0.5) is 0 Å². The van der Waals surface area contributed by atoms with E-state index >= 15 is 0 Å². The Morgan fingerprint density at radius 2 is 1.67 bits per heavy atom. The van der Waals surface area contributed by atoms with E-state index in [0.29, 0.717) is 4.90 Å². The molecule has 0 saturated carbocycles. The molecule has 21 heavy (non-hydrogen) atoms. The molecule has 0 heterocycles. The Labute approximate surface area is 126 Å². The van der Waals surface area contributed by atoms with E-state index in [1.54, 1.807) is 18.2 Å². The van der Waals surface area contributed by atoms with Gasteiger partial charge in [0.05, 0.1) is 10.9 Å². The van der Waals surface area contributed by atoms with Crippen LogP contribution in [0, 0.1) is 0 Å². The van der Waals surface area contributed by atoms with Crippen molar-refractivity contribution >= 4 is 9.84 Å². The number of sulfone groups is 1. The van der Waals surface area contributed by atoms with E-state index in [1.165, 1.54) is 11.8 Å². The van der Waals surface area contributed by atoms with Gasteiger partial charge in [0, 0.05) is 6.26 Å². The zero-order chi connectivity index (χ0) is 15.5. The molecule has 0 radical (unpaired) electrons. The summed E-state index contributed by atoms with van der Waals surface area (Å²) < 4.78 is 23.4. The number of nitrogens with one attached hydrogen (secondary N) is 1. The number of hydrogen-bond acceptors (Lipinski definition) is 3. The van der Waals surface area contributed by atoms with E-state index in [-0.39, 0.29) is 6.04 Å². The summed E-state index contributed by atoms with van der Waals surface area (Å²) in [7, 11) is -1.30. The molecule has 112 valence electrons. The maximum atomic E-state index is 11.7. The van der Waals surface area contributed by atoms with Crippen LogP contribution in [-0.2, 0) is 16.3 Å². The molecule has 0 amide bonds. The summed E-state index contributed by atoms with van der Waals surface area (Å²) >= 11 is 0. The van der Waals surface area contributed by atoms with Gasteiger partial charge in [0.2, 0.25) is 0 Å². The Balaban J connectivity index is 2.46. The second-order valence-electron chi connectivity index (χ2n) is 5.16. The van der Waals surface area contributed by atoms with Crippen molar-refractivity contribution in [2.75, 3.05) is 13.3 Å². The summed E-state index contributed by atoms with van der Waals surface area (Å²) in [6.07, 6.45) is 2.21. The molecule has 0 fully saturated rings. The maximum absolute atomic E-state index is 11.7. The smallest absolute Gasteiger partial charge is 0.175 e. The van der Waals surface area contributed by atoms with E-state index in [0.717, 1.165) is 17.5 Å². The average Bonchev–Trinajstić information content (AvgIpc) is 2.48. The van der Waals surface area contributed by atoms with E-state index in [2.05, 4.69) is 30.4 Å². The predicted molar refractivity (Wildman–Crippen MR) is 86.3 cm³/mol. The molecule has 1 atom stereocenters. The molecule has 1 unspecified atom stereocenters. The first kappa shape index (κ1) is 15.7. The van der Waals surface area contributed by atoms with Gasteiger partial charge in [-0.25, -0.2) is 8.42 Å². The van der Waals surface area contributed by atoms with Crippen molar-refractivity contribution in [3.63, 3.8) is 0 Å². The van der Waals surface area contributed by atoms with Gasteiger partial charge >= 0.3 is 0 Å². The van der Waals surface area contributed by atoms with Crippen LogP contribution in [0.1, 0.15) is 29.7 Å². The van der Waals surface area contributed by atoms with Gasteiger partial charge in [-0.15, -0.1) is 0 Å². The molecule has 0 aliphatic rings. The van der Waals surface area contributed by atoms with Crippen LogP contribution in [0.15, 0.2) is 53.4 Å². The Morgan fingerprint density at radius 3 is 2.24 bits per heavy atom. The van der Waals surface area contributed by atoms with Crippen molar-refractivity contribution in [3.05, 3.63) is 65.2 Å². The molecule has 0 spiro atoms. The van der Waals surface area contributed by atoms with E-state index < -0.39 is 9.84 Å². The topological polar surface area (TPSA) is 46.2 Å². The molecule has 3 nitrogen and oxygen atoms in total. The van der Waals surface area contributed by atoms with Crippen molar-refractivity contribution in [1.82, 2.24) is 5.32 Å². The van der Waals surface area contributed by atoms with Crippen molar-refractivity contribution < 1.29 is 8.42 Å². The third kappa shape index (κ3) is 3.71. The van der Waals surface area contributed by atoms with Crippen LogP contribution in [0.2, 0.25) is 0 Å². The number of aryl methyl sites for hydroxylation is 1. The quantitative estimate of drug-likeness (QED) is 0.923. The minimum absolute atomic E-state index is 0.0156. The predicted octanol–water partition coefficient (Wildman–Crippen LogP) is 2.96. The fourth-order valence-corrected chi connectivity index (χ4v) is 3.12. The molecule has 0 aliphatic heterocycles. The van der Waals surface area contributed by atoms with Gasteiger partial charge in [-0.05, 0) is 42.3 Å². The second kappa shape index (κ2) is 6.41. The molecule has 0 aromatic heterocycles. The summed E-state index contributed by atoms with van der Waals surface area (Å²) in [5.41, 5.74) is 3.36. The van der Waals surface area contributed by atoms with Gasteiger partial charge in [-0.1, -0.05) is 43.3 Å². The number of benzene rings is 2. The first-order valence-electron chi connectivity index (χ1n) is 7.02. The van der Waals surface area contributed by atoms with Gasteiger partial charge < -0.3 is 5.32 Å². The number of rotatable bonds is 5. The zero-order valence-corrected chi connectivity index (χ0v) is 13.4. The average molecular weight is 303 g/mol. The molecule has 2 aromatic rings. The van der Waals surface area contributed by atoms with Gasteiger partial charge in [-0.3, -0.25) is 0 Å². The van der Waals surface area contributed by atoms with Crippen molar-refractivity contribution in [2.45, 2.75) is 24.3 Å². The number of hydrogen-bond donors (Lipinski definition) is 1. The van der Waals surface area contributed by atoms with Crippen molar-refractivity contribution in [3.8, 4) is 0 Å². The maximum Gasteiger partial charge on any atom is 0.175 e. The van der Waals surface area contributed by atoms with E-state index in [1.807, 2.05) is 19.2 Å². The Morgan fingerprint density at radius 1 is 1.05 bits per heavy atom. The van der Waals surface area contributed by atoms with Gasteiger partial charge in [0.15, 0.2) is 9.84 Å². The second-order valence-corrected chi connectivity index (χ2v) is 7.18. The van der Waals surface area contributed by atoms with E-state index in [4.69, 9.17) is 0 Å². The van der Waals surface area contributed by atoms with Crippen LogP contribution in [0.5, 0.6) is 0 Å². The lowest BCUT2D eigenvalue weighted by Crippen LogP contribution is -2.18. The summed E-state index contributed by atoms with van der Waals surface area (Å²) in [4.78, 5) is 0.354. The van der Waals surface area contributed by atoms with Crippen LogP contribution in [0.25, 0.3) is 0 Å². The Hall–Kier alpha value is -1.65. The summed E-state index contributed by atoms with van der Waals surface area (Å²) in [6.45, 7) is 2.12. The normalized spacial score (nSPS) is 13.1. The molecule has 0 aliphatic carbocycles. The van der Waals surface area contributed by atoms with Crippen LogP contribution < -0.4 is 5.32 Å². The first-order chi connectivity index (χ1) is 9.95. The van der Waals surface area contributed by atoms with Gasteiger partial charge in [0.25, 0.3) is 0 Å². The SMILES string of the molecule is CCc1cccc(C(NC)c2cccc(S(C)(=O)=O)c2)c1. The molecule has 2 aromatic carbocycles. The third-order valence-corrected chi connectivity index (χ3v) is 4.71. The highest BCUT2D eigenvalue weighted by Gasteiger charge is 2.15. The van der Waals surface area contributed by atoms with Crippen molar-refractivity contribution in [1.29, 1.82) is 0 Å². The Kier molecular flexibility index (Phi) is 4.80. The van der Waals surface area contributed by atoms with Gasteiger partial charge in [-0.2, -0.15) is 0 Å². The summed E-state index contributed by atoms with van der Waals surface area (Å²) in [5.74, 6) is 0. The summed E-state index contributed by atoms with van der Waals surface area (Å²) in [6, 6.07) is 15.5. The lowest BCUT2D eigenvalue weighted by atomic mass is 9.97. The fraction of sp³-hybridized carbons (Fsp3) is 0.294.